The van der Waals surface area contributed by atoms with Gasteiger partial charge < -0.3 is 15.0 Å². The average Bonchev–Trinajstić information content (AvgIpc) is 3.03. The maximum atomic E-state index is 12.0. The lowest BCUT2D eigenvalue weighted by atomic mass is 10.1. The summed E-state index contributed by atoms with van der Waals surface area (Å²) in [5, 5.41) is 14.0. The van der Waals surface area contributed by atoms with Crippen LogP contribution in [-0.4, -0.2) is 40.2 Å². The number of nitrogens with zero attached hydrogens (tertiary/aromatic N) is 2. The first-order valence-electron chi connectivity index (χ1n) is 11.1. The van der Waals surface area contributed by atoms with E-state index < -0.39 is 5.97 Å². The monoisotopic (exact) mass is 453 g/mol. The molecule has 1 aromatic heterocycles. The lowest BCUT2D eigenvalue weighted by Gasteiger charge is -2.20. The zero-order valence-electron chi connectivity index (χ0n) is 19.1. The largest absolute Gasteiger partial charge is 0.478 e. The molecule has 1 heterocycles. The van der Waals surface area contributed by atoms with Gasteiger partial charge in [0, 0.05) is 40.8 Å². The van der Waals surface area contributed by atoms with E-state index in [9.17, 15) is 9.90 Å². The number of aromatic carboxylic acids is 1. The Bertz CT molecular complexity index is 1030. The average molecular weight is 454 g/mol. The summed E-state index contributed by atoms with van der Waals surface area (Å²) in [5.74, 6) is -0.893. The van der Waals surface area contributed by atoms with Gasteiger partial charge in [0.05, 0.1) is 5.56 Å². The highest BCUT2D eigenvalue weighted by Crippen LogP contribution is 2.27. The molecular weight excluding hydrogens is 422 g/mol. The van der Waals surface area contributed by atoms with Crippen LogP contribution in [0.2, 0.25) is 5.02 Å². The smallest absolute Gasteiger partial charge is 0.337 e. The number of aromatic nitrogens is 1. The molecule has 0 radical (unpaired) electrons. The molecule has 0 unspecified atom stereocenters. The number of nitrogens with one attached hydrogen (secondary N) is 1. The number of hydrogen-bond acceptors (Lipinski definition) is 3. The number of hydrogen-bond donors (Lipinski definition) is 2. The fourth-order valence-electron chi connectivity index (χ4n) is 4.21. The van der Waals surface area contributed by atoms with Crippen molar-refractivity contribution in [1.82, 2.24) is 14.8 Å². The topological polar surface area (TPSA) is 57.5 Å². The number of rotatable bonds is 11. The SMILES string of the molecule is CCN(CCCNCc1c(C(=O)O)c(C)n(-c2ccc(Cl)cc2)c1C)Cc1ccccc1. The first kappa shape index (κ1) is 24.1. The van der Waals surface area contributed by atoms with Gasteiger partial charge in [0.2, 0.25) is 0 Å². The van der Waals surface area contributed by atoms with Crippen LogP contribution in [0.4, 0.5) is 0 Å². The molecule has 0 amide bonds. The van der Waals surface area contributed by atoms with E-state index >= 15 is 0 Å². The van der Waals surface area contributed by atoms with Crippen LogP contribution in [0, 0.1) is 13.8 Å². The van der Waals surface area contributed by atoms with E-state index in [0.717, 1.165) is 55.2 Å². The minimum Gasteiger partial charge on any atom is -0.478 e. The van der Waals surface area contributed by atoms with Gasteiger partial charge in [-0.3, -0.25) is 4.90 Å². The van der Waals surface area contributed by atoms with Crippen LogP contribution in [0.1, 0.15) is 46.2 Å². The Labute approximate surface area is 195 Å². The molecule has 0 atom stereocenters. The molecule has 0 saturated heterocycles. The Balaban J connectivity index is 1.62. The zero-order valence-corrected chi connectivity index (χ0v) is 19.8. The van der Waals surface area contributed by atoms with Crippen molar-refractivity contribution in [2.24, 2.45) is 0 Å². The lowest BCUT2D eigenvalue weighted by Crippen LogP contribution is -2.27. The highest BCUT2D eigenvalue weighted by atomic mass is 35.5. The summed E-state index contributed by atoms with van der Waals surface area (Å²) in [6.45, 7) is 10.3. The van der Waals surface area contributed by atoms with Crippen molar-refractivity contribution < 1.29 is 9.90 Å². The molecule has 32 heavy (non-hydrogen) atoms. The van der Waals surface area contributed by atoms with E-state index in [2.05, 4.69) is 41.4 Å². The van der Waals surface area contributed by atoms with Crippen molar-refractivity contribution in [2.75, 3.05) is 19.6 Å². The standard InChI is InChI=1S/C26H32ClN3O2/c1-4-29(18-21-9-6-5-7-10-21)16-8-15-28-17-24-19(2)30(20(3)25(24)26(31)32)23-13-11-22(27)12-14-23/h5-7,9-14,28H,4,8,15-18H2,1-3H3,(H,31,32). The van der Waals surface area contributed by atoms with Crippen LogP contribution in [0.3, 0.4) is 0 Å². The fourth-order valence-corrected chi connectivity index (χ4v) is 4.33. The molecule has 170 valence electrons. The Morgan fingerprint density at radius 2 is 1.75 bits per heavy atom. The van der Waals surface area contributed by atoms with Crippen molar-refractivity contribution in [2.45, 2.75) is 40.3 Å². The van der Waals surface area contributed by atoms with Gasteiger partial charge in [0.1, 0.15) is 0 Å². The zero-order chi connectivity index (χ0) is 23.1. The Morgan fingerprint density at radius 1 is 1.06 bits per heavy atom. The minimum absolute atomic E-state index is 0.379. The van der Waals surface area contributed by atoms with E-state index in [1.54, 1.807) is 0 Å². The van der Waals surface area contributed by atoms with Crippen LogP contribution in [0.25, 0.3) is 5.69 Å². The Kier molecular flexibility index (Phi) is 8.51. The molecule has 0 aliphatic rings. The van der Waals surface area contributed by atoms with Gasteiger partial charge >= 0.3 is 5.97 Å². The quantitative estimate of drug-likeness (QED) is 0.379. The van der Waals surface area contributed by atoms with Gasteiger partial charge in [-0.2, -0.15) is 0 Å². The summed E-state index contributed by atoms with van der Waals surface area (Å²) >= 11 is 6.02. The van der Waals surface area contributed by atoms with E-state index in [1.807, 2.05) is 48.7 Å². The molecule has 0 bridgehead atoms. The van der Waals surface area contributed by atoms with Gasteiger partial charge in [-0.25, -0.2) is 4.79 Å². The van der Waals surface area contributed by atoms with Gasteiger partial charge in [-0.1, -0.05) is 48.9 Å². The Morgan fingerprint density at radius 3 is 2.38 bits per heavy atom. The summed E-state index contributed by atoms with van der Waals surface area (Å²) < 4.78 is 2.00. The summed E-state index contributed by atoms with van der Waals surface area (Å²) in [4.78, 5) is 14.4. The maximum Gasteiger partial charge on any atom is 0.337 e. The van der Waals surface area contributed by atoms with E-state index in [-0.39, 0.29) is 0 Å². The molecule has 6 heteroatoms. The van der Waals surface area contributed by atoms with Crippen molar-refractivity contribution >= 4 is 17.6 Å². The van der Waals surface area contributed by atoms with Gasteiger partial charge in [-0.05, 0) is 69.7 Å². The molecule has 3 rings (SSSR count). The van der Waals surface area contributed by atoms with Gasteiger partial charge in [0.25, 0.3) is 0 Å². The van der Waals surface area contributed by atoms with Crippen LogP contribution in [0.15, 0.2) is 54.6 Å². The molecule has 3 aromatic rings. The lowest BCUT2D eigenvalue weighted by molar-refractivity contribution is 0.0695. The molecular formula is C26H32ClN3O2. The van der Waals surface area contributed by atoms with Crippen LogP contribution >= 0.6 is 11.6 Å². The molecule has 0 aliphatic carbocycles. The van der Waals surface area contributed by atoms with E-state index in [1.165, 1.54) is 5.56 Å². The Hall–Kier alpha value is -2.60. The molecule has 0 aliphatic heterocycles. The first-order valence-corrected chi connectivity index (χ1v) is 11.5. The molecule has 0 saturated carbocycles. The van der Waals surface area contributed by atoms with E-state index in [0.29, 0.717) is 17.1 Å². The third-order valence-corrected chi connectivity index (χ3v) is 6.15. The van der Waals surface area contributed by atoms with Crippen LogP contribution < -0.4 is 5.32 Å². The summed E-state index contributed by atoms with van der Waals surface area (Å²) in [6.07, 6.45) is 0.999. The van der Waals surface area contributed by atoms with Crippen molar-refractivity contribution in [3.63, 3.8) is 0 Å². The van der Waals surface area contributed by atoms with Crippen LogP contribution in [0.5, 0.6) is 0 Å². The summed E-state index contributed by atoms with van der Waals surface area (Å²) in [6, 6.07) is 18.0. The highest BCUT2D eigenvalue weighted by molar-refractivity contribution is 6.30. The second-order valence-corrected chi connectivity index (χ2v) is 8.46. The molecule has 5 nitrogen and oxygen atoms in total. The molecule has 0 spiro atoms. The van der Waals surface area contributed by atoms with Gasteiger partial charge in [0.15, 0.2) is 0 Å². The second kappa shape index (κ2) is 11.3. The maximum absolute atomic E-state index is 12.0. The number of carbonyl (C=O) groups is 1. The van der Waals surface area contributed by atoms with E-state index in [4.69, 9.17) is 11.6 Å². The van der Waals surface area contributed by atoms with Crippen molar-refractivity contribution in [3.8, 4) is 5.69 Å². The van der Waals surface area contributed by atoms with Crippen molar-refractivity contribution in [3.05, 3.63) is 87.7 Å². The number of carboxylic acids is 1. The molecule has 2 aromatic carbocycles. The number of carboxylic acid groups (broad SMARTS) is 1. The minimum atomic E-state index is -0.893. The number of halogens is 1. The third-order valence-electron chi connectivity index (χ3n) is 5.90. The van der Waals surface area contributed by atoms with Crippen molar-refractivity contribution in [1.29, 1.82) is 0 Å². The normalized spacial score (nSPS) is 11.3. The summed E-state index contributed by atoms with van der Waals surface area (Å²) in [5.41, 5.74) is 5.12. The first-order chi connectivity index (χ1) is 15.4. The predicted molar refractivity (Wildman–Crippen MR) is 131 cm³/mol. The number of benzene rings is 2. The van der Waals surface area contributed by atoms with Gasteiger partial charge in [-0.15, -0.1) is 0 Å². The summed E-state index contributed by atoms with van der Waals surface area (Å²) in [7, 11) is 0. The van der Waals surface area contributed by atoms with Crippen LogP contribution in [-0.2, 0) is 13.1 Å². The third kappa shape index (κ3) is 5.80. The molecule has 2 N–H and O–H groups in total. The second-order valence-electron chi connectivity index (χ2n) is 8.03. The highest BCUT2D eigenvalue weighted by Gasteiger charge is 2.23. The molecule has 0 fully saturated rings. The predicted octanol–water partition coefficient (Wildman–Crippen LogP) is 5.45. The fraction of sp³-hybridized carbons (Fsp3) is 0.346.